The summed E-state index contributed by atoms with van der Waals surface area (Å²) in [6, 6.07) is 0.530. The summed E-state index contributed by atoms with van der Waals surface area (Å²) in [4.78, 5) is 2.77. The summed E-state index contributed by atoms with van der Waals surface area (Å²) in [5, 5.41) is 0. The number of hydrogen-bond acceptors (Lipinski definition) is 6. The van der Waals surface area contributed by atoms with Gasteiger partial charge in [0.15, 0.2) is 0 Å². The van der Waals surface area contributed by atoms with Crippen molar-refractivity contribution in [2.45, 2.75) is 116 Å². The molecule has 0 aromatic carbocycles. The van der Waals surface area contributed by atoms with Gasteiger partial charge in [0.2, 0.25) is 0 Å². The van der Waals surface area contributed by atoms with Gasteiger partial charge in [0.25, 0.3) is 0 Å². The van der Waals surface area contributed by atoms with Gasteiger partial charge in [0.05, 0.1) is 58.0 Å². The smallest absolute Gasteiger partial charge is 0.0787 e. The number of ether oxygens (including phenoxy) is 5. The number of hydrogen-bond donors (Lipinski definition) is 0. The highest BCUT2D eigenvalue weighted by molar-refractivity contribution is 5.33. The summed E-state index contributed by atoms with van der Waals surface area (Å²) >= 11 is 0. The Morgan fingerprint density at radius 1 is 0.932 bits per heavy atom. The average Bonchev–Trinajstić information content (AvgIpc) is 3.44. The minimum Gasteiger partial charge on any atom is -0.382 e. The van der Waals surface area contributed by atoms with Gasteiger partial charge in [-0.1, -0.05) is 39.3 Å². The molecule has 5 aliphatic carbocycles. The van der Waals surface area contributed by atoms with E-state index in [0.717, 1.165) is 30.9 Å². The monoisotopic (exact) mass is 613 g/mol. The third-order valence-electron chi connectivity index (χ3n) is 14.7. The van der Waals surface area contributed by atoms with E-state index in [-0.39, 0.29) is 5.60 Å². The minimum atomic E-state index is 0.0600. The van der Waals surface area contributed by atoms with Gasteiger partial charge in [0.1, 0.15) is 0 Å². The molecule has 4 saturated carbocycles. The maximum absolute atomic E-state index is 7.53. The SMILES string of the molecule is COCCOCCOCCOCCN1CC(C)C[C@H]2OC3(CCC4C5CCC6=CCCCC6(C)CC5CC45CC53C)[C@H](C)C21. The summed E-state index contributed by atoms with van der Waals surface area (Å²) in [6.07, 6.45) is 18.3. The van der Waals surface area contributed by atoms with Gasteiger partial charge in [-0.25, -0.2) is 0 Å². The highest BCUT2D eigenvalue weighted by Gasteiger charge is 2.83. The van der Waals surface area contributed by atoms with Gasteiger partial charge >= 0.3 is 0 Å². The second kappa shape index (κ2) is 12.5. The first-order chi connectivity index (χ1) is 21.3. The zero-order chi connectivity index (χ0) is 30.6. The van der Waals surface area contributed by atoms with Gasteiger partial charge < -0.3 is 23.7 Å². The van der Waals surface area contributed by atoms with Crippen molar-refractivity contribution in [2.24, 2.45) is 45.8 Å². The molecule has 250 valence electrons. The van der Waals surface area contributed by atoms with Crippen molar-refractivity contribution in [3.63, 3.8) is 0 Å². The van der Waals surface area contributed by atoms with Crippen LogP contribution in [0.4, 0.5) is 0 Å². The number of rotatable bonds is 12. The first kappa shape index (κ1) is 32.1. The second-order valence-electron chi connectivity index (χ2n) is 16.9. The van der Waals surface area contributed by atoms with Gasteiger partial charge in [-0.2, -0.15) is 0 Å². The average molecular weight is 614 g/mol. The summed E-state index contributed by atoms with van der Waals surface area (Å²) in [7, 11) is 1.69. The molecule has 6 heteroatoms. The third-order valence-corrected chi connectivity index (χ3v) is 14.7. The highest BCUT2D eigenvalue weighted by atomic mass is 16.6. The van der Waals surface area contributed by atoms with Gasteiger partial charge in [0, 0.05) is 37.6 Å². The number of likely N-dealkylation sites (tertiary alicyclic amines) is 1. The number of piperidine rings is 1. The Labute approximate surface area is 268 Å². The molecule has 6 fully saturated rings. The van der Waals surface area contributed by atoms with E-state index < -0.39 is 0 Å². The lowest BCUT2D eigenvalue weighted by Gasteiger charge is -2.49. The fraction of sp³-hybridized carbons (Fsp3) is 0.947. The Morgan fingerprint density at radius 2 is 1.68 bits per heavy atom. The topological polar surface area (TPSA) is 49.4 Å². The van der Waals surface area contributed by atoms with E-state index in [2.05, 4.69) is 38.7 Å². The van der Waals surface area contributed by atoms with Crippen LogP contribution in [0.1, 0.15) is 98.3 Å². The molecule has 7 rings (SSSR count). The van der Waals surface area contributed by atoms with Crippen molar-refractivity contribution in [2.75, 3.05) is 66.4 Å². The van der Waals surface area contributed by atoms with Crippen LogP contribution in [0, 0.1) is 45.8 Å². The Hall–Kier alpha value is -0.500. The number of fused-ring (bicyclic) bond motifs is 5. The van der Waals surface area contributed by atoms with Crippen LogP contribution in [-0.4, -0.2) is 89.1 Å². The maximum Gasteiger partial charge on any atom is 0.0787 e. The Balaban J connectivity index is 0.969. The Bertz CT molecular complexity index is 1050. The van der Waals surface area contributed by atoms with Gasteiger partial charge in [-0.3, -0.25) is 4.90 Å². The van der Waals surface area contributed by atoms with Crippen LogP contribution in [0.15, 0.2) is 11.6 Å². The lowest BCUT2D eigenvalue weighted by molar-refractivity contribution is -0.148. The molecule has 0 aromatic heterocycles. The molecule has 6 nitrogen and oxygen atoms in total. The van der Waals surface area contributed by atoms with Crippen molar-refractivity contribution >= 4 is 0 Å². The zero-order valence-corrected chi connectivity index (χ0v) is 28.7. The van der Waals surface area contributed by atoms with Crippen molar-refractivity contribution in [1.29, 1.82) is 0 Å². The standard InChI is InChI=1S/C38H63NO5/c1-27-22-33-34(39(25-27)14-15-41-18-19-43-21-20-42-17-16-40-5)28(2)38(44-33)13-11-32-31-10-9-30-8-6-7-12-35(30,3)23-29(31)24-37(32)26-36(37,38)4/h8,27-29,31-34H,6-7,9-26H2,1-5H3/t27?,28-,29?,31?,32?,33-,34?,35?,36?,37?,38?/m1/s1. The molecule has 2 aliphatic heterocycles. The first-order valence-electron chi connectivity index (χ1n) is 18.6. The largest absolute Gasteiger partial charge is 0.382 e. The van der Waals surface area contributed by atoms with Crippen molar-refractivity contribution in [1.82, 2.24) is 4.90 Å². The summed E-state index contributed by atoms with van der Waals surface area (Å²) in [6.45, 7) is 17.0. The summed E-state index contributed by atoms with van der Waals surface area (Å²) in [5.74, 6) is 4.09. The van der Waals surface area contributed by atoms with Crippen molar-refractivity contribution in [3.8, 4) is 0 Å². The number of methoxy groups -OCH3 is 1. The molecule has 0 bridgehead atoms. The van der Waals surface area contributed by atoms with Crippen molar-refractivity contribution < 1.29 is 23.7 Å². The fourth-order valence-corrected chi connectivity index (χ4v) is 12.8. The molecule has 2 saturated heterocycles. The molecule has 2 heterocycles. The zero-order valence-electron chi connectivity index (χ0n) is 28.7. The van der Waals surface area contributed by atoms with Crippen LogP contribution in [-0.2, 0) is 23.7 Å². The normalized spacial score (nSPS) is 47.8. The Morgan fingerprint density at radius 3 is 2.45 bits per heavy atom. The molecule has 44 heavy (non-hydrogen) atoms. The van der Waals surface area contributed by atoms with Crippen LogP contribution in [0.3, 0.4) is 0 Å². The fourth-order valence-electron chi connectivity index (χ4n) is 12.8. The molecule has 2 spiro atoms. The predicted molar refractivity (Wildman–Crippen MR) is 174 cm³/mol. The van der Waals surface area contributed by atoms with E-state index in [1.165, 1.54) is 77.2 Å². The predicted octanol–water partition coefficient (Wildman–Crippen LogP) is 6.91. The molecular weight excluding hydrogens is 550 g/mol. The van der Waals surface area contributed by atoms with Crippen LogP contribution in [0.2, 0.25) is 0 Å². The molecule has 0 amide bonds. The van der Waals surface area contributed by atoms with E-state index in [9.17, 15) is 0 Å². The highest BCUT2D eigenvalue weighted by Crippen LogP contribution is 2.86. The van der Waals surface area contributed by atoms with Crippen LogP contribution in [0.5, 0.6) is 0 Å². The van der Waals surface area contributed by atoms with Crippen LogP contribution in [0.25, 0.3) is 0 Å². The van der Waals surface area contributed by atoms with E-state index in [1.807, 2.05) is 5.57 Å². The maximum atomic E-state index is 7.53. The van der Waals surface area contributed by atoms with Gasteiger partial charge in [-0.15, -0.1) is 0 Å². The molecular formula is C38H63NO5. The summed E-state index contributed by atoms with van der Waals surface area (Å²) in [5.41, 5.74) is 3.28. The molecule has 0 radical (unpaired) electrons. The first-order valence-corrected chi connectivity index (χ1v) is 18.6. The quantitative estimate of drug-likeness (QED) is 0.176. The van der Waals surface area contributed by atoms with E-state index in [1.54, 1.807) is 7.11 Å². The Kier molecular flexibility index (Phi) is 9.12. The van der Waals surface area contributed by atoms with E-state index in [0.29, 0.717) is 79.9 Å². The van der Waals surface area contributed by atoms with Gasteiger partial charge in [-0.05, 0) is 105 Å². The second-order valence-corrected chi connectivity index (χ2v) is 16.9. The molecule has 9 unspecified atom stereocenters. The molecule has 7 aliphatic rings. The molecule has 11 atom stereocenters. The van der Waals surface area contributed by atoms with Crippen LogP contribution < -0.4 is 0 Å². The van der Waals surface area contributed by atoms with E-state index in [4.69, 9.17) is 23.7 Å². The molecule has 0 aromatic rings. The summed E-state index contributed by atoms with van der Waals surface area (Å²) < 4.78 is 29.8. The van der Waals surface area contributed by atoms with Crippen molar-refractivity contribution in [3.05, 3.63) is 11.6 Å². The third kappa shape index (κ3) is 5.19. The minimum absolute atomic E-state index is 0.0600. The lowest BCUT2D eigenvalue weighted by atomic mass is 9.60. The van der Waals surface area contributed by atoms with Crippen LogP contribution >= 0.6 is 0 Å². The van der Waals surface area contributed by atoms with E-state index >= 15 is 0 Å². The molecule has 0 N–H and O–H groups in total. The number of allylic oxidation sites excluding steroid dienone is 2. The lowest BCUT2D eigenvalue weighted by Crippen LogP contribution is -2.55. The number of nitrogens with zero attached hydrogens (tertiary/aromatic N) is 1.